The first kappa shape index (κ1) is 69.0. The van der Waals surface area contributed by atoms with E-state index in [0.717, 1.165) is 4.90 Å². The van der Waals surface area contributed by atoms with Gasteiger partial charge in [-0.25, -0.2) is 4.79 Å². The van der Waals surface area contributed by atoms with Crippen LogP contribution < -0.4 is 54.0 Å². The third-order valence-corrected chi connectivity index (χ3v) is 13.2. The third kappa shape index (κ3) is 22.9. The molecule has 0 spiro atoms. The quantitative estimate of drug-likeness (QED) is 0.0307. The number of hydrogen-bond acceptors (Lipinski definition) is 15. The summed E-state index contributed by atoms with van der Waals surface area (Å²) >= 11 is 0. The lowest BCUT2D eigenvalue weighted by molar-refractivity contribution is -0.144. The standard InChI is InChI=1S/C50H85N11O17/c1-11-26(9)39(59-41(68)28(51)20-37(66)67)47(74)53-29(15-16-36(64)65)49(76)61-17-13-14-34(61)45(72)58-38(25(7)8)46(73)54-31(19-24(5)6)43(70)57-33(22-62)44(71)60-40(27(10)12-2)48(75)55-30(18-23(3)4)42(69)56-32(50(77)78)21-35(52)63/h23-34,38-40,62H,11-22,51H2,1-10H3,(H2,52,63)(H,53,74)(H,54,73)(H,55,75)(H,56,69)(H,57,70)(H,58,72)(H,59,68)(H,60,71)(H,64,65)(H,66,67)(H,77,78)/t26-,27-,28-,29-,30-,31-,32-,33-,34-,38-,39-,40-/m0/s1. The predicted octanol–water partition coefficient (Wildman–Crippen LogP) is -2.68. The number of nitrogens with one attached hydrogen (secondary N) is 8. The maximum Gasteiger partial charge on any atom is 0.326 e. The Morgan fingerprint density at radius 2 is 0.974 bits per heavy atom. The zero-order valence-corrected chi connectivity index (χ0v) is 46.3. The largest absolute Gasteiger partial charge is 0.481 e. The molecule has 1 aliphatic heterocycles. The van der Waals surface area contributed by atoms with Crippen molar-refractivity contribution < 1.29 is 82.8 Å². The van der Waals surface area contributed by atoms with Crippen LogP contribution in [0.3, 0.4) is 0 Å². The molecular formula is C50H85N11O17. The van der Waals surface area contributed by atoms with E-state index in [0.29, 0.717) is 19.3 Å². The highest BCUT2D eigenvalue weighted by Crippen LogP contribution is 2.22. The van der Waals surface area contributed by atoms with Gasteiger partial charge in [-0.05, 0) is 61.7 Å². The number of aliphatic carboxylic acids is 3. The van der Waals surface area contributed by atoms with Crippen molar-refractivity contribution in [1.29, 1.82) is 0 Å². The molecule has 0 radical (unpaired) electrons. The molecular weight excluding hydrogens is 1030 g/mol. The Labute approximate surface area is 454 Å². The van der Waals surface area contributed by atoms with Gasteiger partial charge in [0.1, 0.15) is 54.4 Å². The number of likely N-dealkylation sites (tertiary alicyclic amines) is 1. The van der Waals surface area contributed by atoms with Gasteiger partial charge in [-0.1, -0.05) is 82.1 Å². The fourth-order valence-electron chi connectivity index (χ4n) is 8.34. The highest BCUT2D eigenvalue weighted by molar-refractivity contribution is 5.99. The van der Waals surface area contributed by atoms with Gasteiger partial charge in [-0.3, -0.25) is 57.5 Å². The van der Waals surface area contributed by atoms with Crippen LogP contribution >= 0.6 is 0 Å². The number of rotatable bonds is 35. The summed E-state index contributed by atoms with van der Waals surface area (Å²) in [4.78, 5) is 171. The summed E-state index contributed by atoms with van der Waals surface area (Å²) in [5, 5.41) is 58.4. The number of nitrogens with two attached hydrogens (primary N) is 2. The minimum atomic E-state index is -1.69. The number of carbonyl (C=O) groups is 13. The van der Waals surface area contributed by atoms with Crippen molar-refractivity contribution in [3.63, 3.8) is 0 Å². The molecule has 1 saturated heterocycles. The Kier molecular flexibility index (Phi) is 29.5. The van der Waals surface area contributed by atoms with Crippen molar-refractivity contribution in [2.75, 3.05) is 13.2 Å². The van der Waals surface area contributed by atoms with Crippen LogP contribution in [0.25, 0.3) is 0 Å². The predicted molar refractivity (Wildman–Crippen MR) is 278 cm³/mol. The second kappa shape index (κ2) is 33.4. The van der Waals surface area contributed by atoms with Crippen molar-refractivity contribution in [2.24, 2.45) is 41.1 Å². The number of carboxylic acid groups (broad SMARTS) is 3. The Morgan fingerprint density at radius 1 is 0.538 bits per heavy atom. The maximum absolute atomic E-state index is 14.2. The Hall–Kier alpha value is -6.97. The smallest absolute Gasteiger partial charge is 0.326 e. The van der Waals surface area contributed by atoms with E-state index in [2.05, 4.69) is 42.5 Å². The molecule has 78 heavy (non-hydrogen) atoms. The van der Waals surface area contributed by atoms with Crippen molar-refractivity contribution in [2.45, 2.75) is 194 Å². The third-order valence-electron chi connectivity index (χ3n) is 13.2. The molecule has 28 nitrogen and oxygen atoms in total. The molecule has 0 bridgehead atoms. The molecule has 28 heteroatoms. The van der Waals surface area contributed by atoms with Crippen molar-refractivity contribution in [3.05, 3.63) is 0 Å². The molecule has 0 aromatic carbocycles. The normalized spacial score (nSPS) is 17.5. The van der Waals surface area contributed by atoms with Gasteiger partial charge < -0.3 is 79.3 Å². The van der Waals surface area contributed by atoms with Crippen LogP contribution in [0.15, 0.2) is 0 Å². The second-order valence-electron chi connectivity index (χ2n) is 21.1. The molecule has 1 rings (SSSR count). The summed E-state index contributed by atoms with van der Waals surface area (Å²) in [6, 6.07) is -14.3. The number of carboxylic acids is 3. The average Bonchev–Trinajstić information content (AvgIpc) is 3.84. The van der Waals surface area contributed by atoms with Gasteiger partial charge >= 0.3 is 17.9 Å². The molecule has 16 N–H and O–H groups in total. The lowest BCUT2D eigenvalue weighted by Gasteiger charge is -2.32. The molecule has 0 unspecified atom stereocenters. The SMILES string of the molecule is CC[C@H](C)[C@H](NC(=O)[C@H](CO)NC(=O)[C@H](CC(C)C)NC(=O)[C@@H](NC(=O)[C@@H]1CCCN1C(=O)[C@H](CCC(=O)O)NC(=O)[C@@H](NC(=O)[C@@H](N)CC(=O)O)[C@@H](C)CC)C(C)C)C(=O)N[C@@H](CC(C)C)C(=O)N[C@@H](CC(N)=O)C(=O)O. The minimum absolute atomic E-state index is 0.00600. The number of aliphatic hydroxyl groups is 1. The highest BCUT2D eigenvalue weighted by atomic mass is 16.4. The van der Waals surface area contributed by atoms with Crippen molar-refractivity contribution >= 4 is 77.0 Å². The molecule has 1 aliphatic rings. The van der Waals surface area contributed by atoms with Gasteiger partial charge in [0.2, 0.25) is 59.1 Å². The summed E-state index contributed by atoms with van der Waals surface area (Å²) in [5.41, 5.74) is 10.9. The van der Waals surface area contributed by atoms with Gasteiger partial charge in [-0.2, -0.15) is 0 Å². The first-order valence-corrected chi connectivity index (χ1v) is 26.3. The first-order chi connectivity index (χ1) is 36.3. The van der Waals surface area contributed by atoms with Gasteiger partial charge in [0.25, 0.3) is 0 Å². The van der Waals surface area contributed by atoms with Crippen LogP contribution in [-0.2, 0) is 62.3 Å². The zero-order chi connectivity index (χ0) is 59.9. The molecule has 442 valence electrons. The van der Waals surface area contributed by atoms with E-state index in [1.165, 1.54) is 0 Å². The Morgan fingerprint density at radius 3 is 1.38 bits per heavy atom. The van der Waals surface area contributed by atoms with Crippen LogP contribution in [0.2, 0.25) is 0 Å². The van der Waals surface area contributed by atoms with E-state index < -0.39 is 187 Å². The van der Waals surface area contributed by atoms with E-state index in [1.54, 1.807) is 69.2 Å². The van der Waals surface area contributed by atoms with Gasteiger partial charge in [-0.15, -0.1) is 0 Å². The topological polar surface area (TPSA) is 454 Å². The van der Waals surface area contributed by atoms with Gasteiger partial charge in [0, 0.05) is 13.0 Å². The van der Waals surface area contributed by atoms with E-state index in [9.17, 15) is 77.6 Å². The summed E-state index contributed by atoms with van der Waals surface area (Å²) in [6.07, 6.45) is -1.45. The van der Waals surface area contributed by atoms with E-state index in [1.807, 2.05) is 0 Å². The van der Waals surface area contributed by atoms with Crippen LogP contribution in [0, 0.1) is 29.6 Å². The molecule has 0 aromatic heterocycles. The van der Waals surface area contributed by atoms with Crippen LogP contribution in [-0.4, -0.2) is 176 Å². The van der Waals surface area contributed by atoms with Gasteiger partial charge in [0.05, 0.1) is 25.5 Å². The molecule has 0 aromatic rings. The summed E-state index contributed by atoms with van der Waals surface area (Å²) in [7, 11) is 0. The fourth-order valence-corrected chi connectivity index (χ4v) is 8.34. The van der Waals surface area contributed by atoms with Crippen molar-refractivity contribution in [3.8, 4) is 0 Å². The Balaban J connectivity index is 3.38. The number of nitrogens with zero attached hydrogens (tertiary/aromatic N) is 1. The van der Waals surface area contributed by atoms with Crippen LogP contribution in [0.5, 0.6) is 0 Å². The molecule has 0 aliphatic carbocycles. The second-order valence-corrected chi connectivity index (χ2v) is 21.1. The number of aliphatic hydroxyl groups excluding tert-OH is 1. The minimum Gasteiger partial charge on any atom is -0.481 e. The Bertz CT molecular complexity index is 2140. The number of primary amides is 1. The van der Waals surface area contributed by atoms with Crippen LogP contribution in [0.1, 0.15) is 133 Å². The molecule has 1 fully saturated rings. The number of amides is 10. The van der Waals surface area contributed by atoms with Crippen LogP contribution in [0.4, 0.5) is 0 Å². The van der Waals surface area contributed by atoms with E-state index in [4.69, 9.17) is 16.6 Å². The summed E-state index contributed by atoms with van der Waals surface area (Å²) in [5.74, 6) is -15.5. The average molecular weight is 1110 g/mol. The highest BCUT2D eigenvalue weighted by Gasteiger charge is 2.42. The van der Waals surface area contributed by atoms with Gasteiger partial charge in [0.15, 0.2) is 0 Å². The molecule has 10 amide bonds. The first-order valence-electron chi connectivity index (χ1n) is 26.3. The lowest BCUT2D eigenvalue weighted by atomic mass is 9.96. The molecule has 0 saturated carbocycles. The maximum atomic E-state index is 14.2. The molecule has 1 heterocycles. The van der Waals surface area contributed by atoms with E-state index >= 15 is 0 Å². The molecule has 12 atom stereocenters. The summed E-state index contributed by atoms with van der Waals surface area (Å²) in [6.45, 7) is 15.8. The number of hydrogen-bond donors (Lipinski definition) is 14. The summed E-state index contributed by atoms with van der Waals surface area (Å²) < 4.78 is 0. The van der Waals surface area contributed by atoms with E-state index in [-0.39, 0.29) is 37.6 Å². The monoisotopic (exact) mass is 1110 g/mol. The lowest BCUT2D eigenvalue weighted by Crippen LogP contribution is -2.62. The zero-order valence-electron chi connectivity index (χ0n) is 46.3. The fraction of sp³-hybridized carbons (Fsp3) is 0.740. The number of carbonyl (C=O) groups excluding carboxylic acids is 10. The van der Waals surface area contributed by atoms with Crippen molar-refractivity contribution in [1.82, 2.24) is 47.4 Å².